The molecular formula is C12H10ClN3O. The van der Waals surface area contributed by atoms with Gasteiger partial charge in [-0.1, -0.05) is 17.7 Å². The number of hydrogen-bond donors (Lipinski definition) is 2. The molecule has 2 rings (SSSR count). The van der Waals surface area contributed by atoms with Gasteiger partial charge in [-0.15, -0.1) is 0 Å². The van der Waals surface area contributed by atoms with E-state index in [2.05, 4.69) is 10.3 Å². The lowest BCUT2D eigenvalue weighted by Gasteiger charge is -2.05. The van der Waals surface area contributed by atoms with Crippen LogP contribution in [0.1, 0.15) is 10.4 Å². The summed E-state index contributed by atoms with van der Waals surface area (Å²) in [5, 5.41) is 3.08. The first-order valence-electron chi connectivity index (χ1n) is 4.93. The van der Waals surface area contributed by atoms with Gasteiger partial charge in [0.2, 0.25) is 0 Å². The van der Waals surface area contributed by atoms with Crippen LogP contribution in [-0.2, 0) is 0 Å². The molecular weight excluding hydrogens is 238 g/mol. The number of anilines is 2. The van der Waals surface area contributed by atoms with Crippen molar-refractivity contribution in [1.29, 1.82) is 0 Å². The number of hydrogen-bond acceptors (Lipinski definition) is 3. The number of rotatable bonds is 2. The normalized spacial score (nSPS) is 9.94. The second-order valence-corrected chi connectivity index (χ2v) is 3.84. The van der Waals surface area contributed by atoms with Crippen LogP contribution in [0.3, 0.4) is 0 Å². The highest BCUT2D eigenvalue weighted by molar-refractivity contribution is 6.29. The predicted octanol–water partition coefficient (Wildman–Crippen LogP) is 2.57. The molecule has 0 aliphatic heterocycles. The number of halogens is 1. The van der Waals surface area contributed by atoms with E-state index in [1.807, 2.05) is 0 Å². The van der Waals surface area contributed by atoms with Gasteiger partial charge in [-0.2, -0.15) is 0 Å². The number of nitrogens with one attached hydrogen (secondary N) is 1. The molecule has 3 N–H and O–H groups in total. The second-order valence-electron chi connectivity index (χ2n) is 3.45. The maximum atomic E-state index is 11.8. The largest absolute Gasteiger partial charge is 0.399 e. The van der Waals surface area contributed by atoms with Crippen LogP contribution in [0.4, 0.5) is 11.4 Å². The third-order valence-corrected chi connectivity index (χ3v) is 2.36. The van der Waals surface area contributed by atoms with Crippen molar-refractivity contribution in [2.45, 2.75) is 0 Å². The number of benzene rings is 1. The topological polar surface area (TPSA) is 68.0 Å². The van der Waals surface area contributed by atoms with Gasteiger partial charge in [0.25, 0.3) is 5.91 Å². The molecule has 0 unspecified atom stereocenters. The molecule has 2 aromatic rings. The van der Waals surface area contributed by atoms with Crippen molar-refractivity contribution in [2.75, 3.05) is 11.1 Å². The zero-order chi connectivity index (χ0) is 12.3. The maximum absolute atomic E-state index is 11.8. The summed E-state index contributed by atoms with van der Waals surface area (Å²) in [6, 6.07) is 10.0. The molecule has 0 bridgehead atoms. The van der Waals surface area contributed by atoms with E-state index in [9.17, 15) is 4.79 Å². The number of carbonyl (C=O) groups excluding carboxylic acids is 1. The molecule has 5 heteroatoms. The second kappa shape index (κ2) is 4.84. The minimum atomic E-state index is -0.235. The van der Waals surface area contributed by atoms with Crippen LogP contribution in [0.2, 0.25) is 5.15 Å². The van der Waals surface area contributed by atoms with Crippen LogP contribution in [0.15, 0.2) is 42.6 Å². The Morgan fingerprint density at radius 3 is 2.76 bits per heavy atom. The Morgan fingerprint density at radius 1 is 1.29 bits per heavy atom. The number of carbonyl (C=O) groups is 1. The number of nitrogens with zero attached hydrogens (tertiary/aromatic N) is 1. The first-order valence-corrected chi connectivity index (χ1v) is 5.31. The minimum Gasteiger partial charge on any atom is -0.399 e. The van der Waals surface area contributed by atoms with E-state index < -0.39 is 0 Å². The Hall–Kier alpha value is -2.07. The summed E-state index contributed by atoms with van der Waals surface area (Å²) in [4.78, 5) is 15.7. The molecule has 1 heterocycles. The highest BCUT2D eigenvalue weighted by atomic mass is 35.5. The first kappa shape index (κ1) is 11.4. The standard InChI is InChI=1S/C12H10ClN3O/c13-11-5-4-10(7-15-11)16-12(17)8-2-1-3-9(14)6-8/h1-7H,14H2,(H,16,17). The summed E-state index contributed by atoms with van der Waals surface area (Å²) in [6.45, 7) is 0. The van der Waals surface area contributed by atoms with E-state index in [0.29, 0.717) is 22.1 Å². The summed E-state index contributed by atoms with van der Waals surface area (Å²) in [5.41, 5.74) is 7.23. The fourth-order valence-electron chi connectivity index (χ4n) is 1.33. The van der Waals surface area contributed by atoms with Gasteiger partial charge in [-0.05, 0) is 30.3 Å². The molecule has 0 aliphatic carbocycles. The number of amides is 1. The molecule has 1 aromatic heterocycles. The van der Waals surface area contributed by atoms with Crippen LogP contribution in [0.25, 0.3) is 0 Å². The van der Waals surface area contributed by atoms with Crippen molar-refractivity contribution in [3.05, 3.63) is 53.3 Å². The zero-order valence-corrected chi connectivity index (χ0v) is 9.61. The lowest BCUT2D eigenvalue weighted by atomic mass is 10.2. The third kappa shape index (κ3) is 2.95. The molecule has 0 radical (unpaired) electrons. The van der Waals surface area contributed by atoms with Crippen LogP contribution in [-0.4, -0.2) is 10.9 Å². The molecule has 4 nitrogen and oxygen atoms in total. The van der Waals surface area contributed by atoms with Crippen molar-refractivity contribution in [3.63, 3.8) is 0 Å². The highest BCUT2D eigenvalue weighted by Crippen LogP contribution is 2.12. The van der Waals surface area contributed by atoms with Crippen LogP contribution in [0.5, 0.6) is 0 Å². The number of pyridine rings is 1. The quantitative estimate of drug-likeness (QED) is 0.633. The van der Waals surface area contributed by atoms with Gasteiger partial charge in [0.1, 0.15) is 5.15 Å². The van der Waals surface area contributed by atoms with E-state index >= 15 is 0 Å². The SMILES string of the molecule is Nc1cccc(C(=O)Nc2ccc(Cl)nc2)c1. The van der Waals surface area contributed by atoms with Crippen molar-refractivity contribution in [3.8, 4) is 0 Å². The fraction of sp³-hybridized carbons (Fsp3) is 0. The summed E-state index contributed by atoms with van der Waals surface area (Å²) in [5.74, 6) is -0.235. The van der Waals surface area contributed by atoms with E-state index in [1.165, 1.54) is 6.20 Å². The Morgan fingerprint density at radius 2 is 2.12 bits per heavy atom. The van der Waals surface area contributed by atoms with Gasteiger partial charge in [-0.3, -0.25) is 4.79 Å². The summed E-state index contributed by atoms with van der Waals surface area (Å²) >= 11 is 5.65. The molecule has 1 amide bonds. The van der Waals surface area contributed by atoms with E-state index in [1.54, 1.807) is 36.4 Å². The Bertz CT molecular complexity index is 540. The average molecular weight is 248 g/mol. The van der Waals surface area contributed by atoms with Crippen molar-refractivity contribution >= 4 is 28.9 Å². The van der Waals surface area contributed by atoms with Crippen molar-refractivity contribution in [1.82, 2.24) is 4.98 Å². The average Bonchev–Trinajstić information content (AvgIpc) is 2.32. The van der Waals surface area contributed by atoms with Crippen LogP contribution in [0, 0.1) is 0 Å². The molecule has 0 spiro atoms. The number of nitrogens with two attached hydrogens (primary N) is 1. The minimum absolute atomic E-state index is 0.235. The summed E-state index contributed by atoms with van der Waals surface area (Å²) in [6.07, 6.45) is 1.49. The number of nitrogen functional groups attached to an aromatic ring is 1. The van der Waals surface area contributed by atoms with E-state index in [-0.39, 0.29) is 5.91 Å². The van der Waals surface area contributed by atoms with Crippen molar-refractivity contribution in [2.24, 2.45) is 0 Å². The lowest BCUT2D eigenvalue weighted by molar-refractivity contribution is 0.102. The van der Waals surface area contributed by atoms with E-state index in [0.717, 1.165) is 0 Å². The Kier molecular flexibility index (Phi) is 3.25. The predicted molar refractivity (Wildman–Crippen MR) is 68.1 cm³/mol. The molecule has 0 saturated heterocycles. The maximum Gasteiger partial charge on any atom is 0.255 e. The molecule has 0 saturated carbocycles. The third-order valence-electron chi connectivity index (χ3n) is 2.13. The molecule has 1 aromatic carbocycles. The van der Waals surface area contributed by atoms with E-state index in [4.69, 9.17) is 17.3 Å². The zero-order valence-electron chi connectivity index (χ0n) is 8.85. The molecule has 0 atom stereocenters. The van der Waals surface area contributed by atoms with Crippen molar-refractivity contribution < 1.29 is 4.79 Å². The Balaban J connectivity index is 2.14. The van der Waals surface area contributed by atoms with Gasteiger partial charge in [0, 0.05) is 11.3 Å². The first-order chi connectivity index (χ1) is 8.15. The van der Waals surface area contributed by atoms with Crippen LogP contribution < -0.4 is 11.1 Å². The lowest BCUT2D eigenvalue weighted by Crippen LogP contribution is -2.12. The van der Waals surface area contributed by atoms with Gasteiger partial charge >= 0.3 is 0 Å². The Labute approximate surface area is 103 Å². The van der Waals surface area contributed by atoms with Gasteiger partial charge in [0.05, 0.1) is 11.9 Å². The summed E-state index contributed by atoms with van der Waals surface area (Å²) < 4.78 is 0. The molecule has 0 fully saturated rings. The summed E-state index contributed by atoms with van der Waals surface area (Å²) in [7, 11) is 0. The smallest absolute Gasteiger partial charge is 0.255 e. The monoisotopic (exact) mass is 247 g/mol. The number of aromatic nitrogens is 1. The molecule has 0 aliphatic rings. The van der Waals surface area contributed by atoms with Gasteiger partial charge in [0.15, 0.2) is 0 Å². The van der Waals surface area contributed by atoms with Crippen LogP contribution >= 0.6 is 11.6 Å². The molecule has 86 valence electrons. The van der Waals surface area contributed by atoms with Gasteiger partial charge in [-0.25, -0.2) is 4.98 Å². The molecule has 17 heavy (non-hydrogen) atoms. The van der Waals surface area contributed by atoms with Gasteiger partial charge < -0.3 is 11.1 Å². The highest BCUT2D eigenvalue weighted by Gasteiger charge is 2.06. The fourth-order valence-corrected chi connectivity index (χ4v) is 1.44.